The van der Waals surface area contributed by atoms with Crippen LogP contribution in [-0.4, -0.2) is 25.0 Å². The molecule has 2 amide bonds. The first kappa shape index (κ1) is 21.5. The molecule has 2 aromatic carbocycles. The maximum Gasteiger partial charge on any atom is 0.279 e. The Bertz CT molecular complexity index is 850. The van der Waals surface area contributed by atoms with Gasteiger partial charge in [-0.15, -0.1) is 0 Å². The molecule has 0 spiro atoms. The lowest BCUT2D eigenvalue weighted by Gasteiger charge is -2.18. The number of hydrazine groups is 1. The number of aryl methyl sites for hydroxylation is 2. The van der Waals surface area contributed by atoms with Crippen LogP contribution in [0.1, 0.15) is 28.4 Å². The van der Waals surface area contributed by atoms with E-state index >= 15 is 0 Å². The van der Waals surface area contributed by atoms with E-state index in [2.05, 4.69) is 49.4 Å². The second-order valence-electron chi connectivity index (χ2n) is 5.92. The van der Waals surface area contributed by atoms with Crippen LogP contribution >= 0.6 is 38.5 Å². The first-order valence-electron chi connectivity index (χ1n) is 8.10. The van der Waals surface area contributed by atoms with Crippen molar-refractivity contribution < 1.29 is 19.1 Å². The minimum atomic E-state index is -0.778. The molecule has 2 aromatic rings. The highest BCUT2D eigenvalue weighted by Gasteiger charge is 2.18. The van der Waals surface area contributed by atoms with Crippen molar-refractivity contribution in [1.82, 2.24) is 10.9 Å². The molecule has 0 heterocycles. The van der Waals surface area contributed by atoms with Crippen molar-refractivity contribution in [2.24, 2.45) is 0 Å². The van der Waals surface area contributed by atoms with Gasteiger partial charge in [0, 0.05) is 10.0 Å². The van der Waals surface area contributed by atoms with Crippen LogP contribution in [0.4, 0.5) is 0 Å². The Morgan fingerprint density at radius 3 is 2.30 bits per heavy atom. The normalized spacial score (nSPS) is 11.5. The molecule has 0 aliphatic carbocycles. The lowest BCUT2D eigenvalue weighted by atomic mass is 10.1. The van der Waals surface area contributed by atoms with Gasteiger partial charge in [-0.05, 0) is 84.8 Å². The van der Waals surface area contributed by atoms with E-state index in [-0.39, 0.29) is 0 Å². The minimum absolute atomic E-state index is 0.411. The van der Waals surface area contributed by atoms with Crippen molar-refractivity contribution in [2.75, 3.05) is 7.11 Å². The predicted octanol–water partition coefficient (Wildman–Crippen LogP) is 3.91. The molecular formula is C19H20BrIN2O4. The molecule has 0 aromatic heterocycles. The lowest BCUT2D eigenvalue weighted by Crippen LogP contribution is -2.47. The van der Waals surface area contributed by atoms with Crippen LogP contribution in [0.5, 0.6) is 11.5 Å². The predicted molar refractivity (Wildman–Crippen MR) is 115 cm³/mol. The van der Waals surface area contributed by atoms with Gasteiger partial charge in [0.05, 0.1) is 10.7 Å². The van der Waals surface area contributed by atoms with Crippen LogP contribution in [0, 0.1) is 17.4 Å². The van der Waals surface area contributed by atoms with Gasteiger partial charge < -0.3 is 9.47 Å². The second kappa shape index (κ2) is 9.41. The van der Waals surface area contributed by atoms with Crippen LogP contribution in [0.3, 0.4) is 0 Å². The van der Waals surface area contributed by atoms with Gasteiger partial charge in [-0.3, -0.25) is 20.4 Å². The summed E-state index contributed by atoms with van der Waals surface area (Å²) in [5.74, 6) is 0.454. The molecule has 0 radical (unpaired) electrons. The Kier molecular flexibility index (Phi) is 7.49. The SMILES string of the molecule is COc1ccc(C(=O)NNC(=O)C(C)Oc2c(C)cc(Br)cc2C)cc1I. The molecular weight excluding hydrogens is 527 g/mol. The van der Waals surface area contributed by atoms with E-state index in [1.807, 2.05) is 26.0 Å². The zero-order valence-corrected chi connectivity index (χ0v) is 19.1. The summed E-state index contributed by atoms with van der Waals surface area (Å²) in [7, 11) is 1.56. The molecule has 144 valence electrons. The van der Waals surface area contributed by atoms with Crippen molar-refractivity contribution in [2.45, 2.75) is 26.9 Å². The van der Waals surface area contributed by atoms with E-state index < -0.39 is 17.9 Å². The maximum atomic E-state index is 12.3. The average molecular weight is 547 g/mol. The Morgan fingerprint density at radius 1 is 1.11 bits per heavy atom. The van der Waals surface area contributed by atoms with E-state index in [1.165, 1.54) is 0 Å². The van der Waals surface area contributed by atoms with Crippen molar-refractivity contribution in [1.29, 1.82) is 0 Å². The summed E-state index contributed by atoms with van der Waals surface area (Å²) >= 11 is 5.51. The first-order valence-corrected chi connectivity index (χ1v) is 9.97. The molecule has 1 unspecified atom stereocenters. The third-order valence-corrected chi connectivity index (χ3v) is 5.10. The van der Waals surface area contributed by atoms with Crippen LogP contribution in [0.2, 0.25) is 0 Å². The zero-order valence-electron chi connectivity index (χ0n) is 15.4. The van der Waals surface area contributed by atoms with Gasteiger partial charge in [0.2, 0.25) is 0 Å². The average Bonchev–Trinajstić information content (AvgIpc) is 2.61. The Balaban J connectivity index is 1.97. The number of carbonyl (C=O) groups is 2. The summed E-state index contributed by atoms with van der Waals surface area (Å²) in [4.78, 5) is 24.5. The molecule has 27 heavy (non-hydrogen) atoms. The highest BCUT2D eigenvalue weighted by Crippen LogP contribution is 2.28. The van der Waals surface area contributed by atoms with E-state index in [4.69, 9.17) is 9.47 Å². The summed E-state index contributed by atoms with van der Waals surface area (Å²) in [6.45, 7) is 5.44. The summed E-state index contributed by atoms with van der Waals surface area (Å²) in [6.07, 6.45) is -0.778. The molecule has 2 N–H and O–H groups in total. The van der Waals surface area contributed by atoms with Crippen LogP contribution in [-0.2, 0) is 4.79 Å². The largest absolute Gasteiger partial charge is 0.496 e. The molecule has 0 saturated carbocycles. The molecule has 0 fully saturated rings. The maximum absolute atomic E-state index is 12.3. The highest BCUT2D eigenvalue weighted by atomic mass is 127. The summed E-state index contributed by atoms with van der Waals surface area (Å²) < 4.78 is 12.7. The van der Waals surface area contributed by atoms with Gasteiger partial charge in [0.15, 0.2) is 6.10 Å². The summed E-state index contributed by atoms with van der Waals surface area (Å²) in [6, 6.07) is 8.83. The summed E-state index contributed by atoms with van der Waals surface area (Å²) in [5.41, 5.74) is 7.03. The molecule has 6 nitrogen and oxygen atoms in total. The molecule has 8 heteroatoms. The highest BCUT2D eigenvalue weighted by molar-refractivity contribution is 14.1. The smallest absolute Gasteiger partial charge is 0.279 e. The second-order valence-corrected chi connectivity index (χ2v) is 8.00. The van der Waals surface area contributed by atoms with Gasteiger partial charge in [-0.25, -0.2) is 0 Å². The number of nitrogens with one attached hydrogen (secondary N) is 2. The molecule has 0 aliphatic rings. The molecule has 0 saturated heterocycles. The zero-order chi connectivity index (χ0) is 20.1. The van der Waals surface area contributed by atoms with E-state index in [0.717, 1.165) is 19.2 Å². The number of carbonyl (C=O) groups excluding carboxylic acids is 2. The minimum Gasteiger partial charge on any atom is -0.496 e. The summed E-state index contributed by atoms with van der Waals surface area (Å²) in [5, 5.41) is 0. The topological polar surface area (TPSA) is 76.7 Å². The molecule has 2 rings (SSSR count). The van der Waals surface area contributed by atoms with Crippen molar-refractivity contribution in [3.8, 4) is 11.5 Å². The Hall–Kier alpha value is -1.81. The number of methoxy groups -OCH3 is 1. The van der Waals surface area contributed by atoms with Crippen LogP contribution in [0.15, 0.2) is 34.8 Å². The molecule has 0 aliphatic heterocycles. The number of hydrogen-bond acceptors (Lipinski definition) is 4. The van der Waals surface area contributed by atoms with Gasteiger partial charge in [-0.1, -0.05) is 15.9 Å². The van der Waals surface area contributed by atoms with E-state index in [1.54, 1.807) is 32.2 Å². The van der Waals surface area contributed by atoms with Gasteiger partial charge >= 0.3 is 0 Å². The van der Waals surface area contributed by atoms with Crippen molar-refractivity contribution in [3.63, 3.8) is 0 Å². The number of rotatable bonds is 5. The van der Waals surface area contributed by atoms with Crippen molar-refractivity contribution >= 4 is 50.3 Å². The lowest BCUT2D eigenvalue weighted by molar-refractivity contribution is -0.128. The van der Waals surface area contributed by atoms with Gasteiger partial charge in [0.25, 0.3) is 11.8 Å². The number of halogens is 2. The van der Waals surface area contributed by atoms with Gasteiger partial charge in [-0.2, -0.15) is 0 Å². The quantitative estimate of drug-likeness (QED) is 0.440. The fourth-order valence-electron chi connectivity index (χ4n) is 2.41. The van der Waals surface area contributed by atoms with E-state index in [0.29, 0.717) is 17.1 Å². The third kappa shape index (κ3) is 5.58. The van der Waals surface area contributed by atoms with Crippen LogP contribution < -0.4 is 20.3 Å². The first-order chi connectivity index (χ1) is 12.7. The number of benzene rings is 2. The number of ether oxygens (including phenoxy) is 2. The third-order valence-electron chi connectivity index (χ3n) is 3.80. The fraction of sp³-hybridized carbons (Fsp3) is 0.263. The fourth-order valence-corrected chi connectivity index (χ4v) is 3.84. The Morgan fingerprint density at radius 2 is 1.74 bits per heavy atom. The Labute approximate surface area is 180 Å². The van der Waals surface area contributed by atoms with Crippen molar-refractivity contribution in [3.05, 3.63) is 55.1 Å². The number of amides is 2. The van der Waals surface area contributed by atoms with Gasteiger partial charge in [0.1, 0.15) is 11.5 Å². The molecule has 1 atom stereocenters. The van der Waals surface area contributed by atoms with E-state index in [9.17, 15) is 9.59 Å². The molecule has 0 bridgehead atoms. The standard InChI is InChI=1S/C19H20BrIN2O4/c1-10-7-14(20)8-11(2)17(10)27-12(3)18(24)22-23-19(25)13-5-6-16(26-4)15(21)9-13/h5-9,12H,1-4H3,(H,22,24)(H,23,25). The van der Waals surface area contributed by atoms with Crippen LogP contribution in [0.25, 0.3) is 0 Å². The number of hydrogen-bond donors (Lipinski definition) is 2. The monoisotopic (exact) mass is 546 g/mol.